The molecule has 0 radical (unpaired) electrons. The minimum atomic E-state index is -0.878. The number of carbonyl (C=O) groups excluding carboxylic acids is 2. The van der Waals surface area contributed by atoms with E-state index in [2.05, 4.69) is 5.32 Å². The van der Waals surface area contributed by atoms with Gasteiger partial charge in [0.05, 0.1) is 5.56 Å². The average molecular weight is 299 g/mol. The van der Waals surface area contributed by atoms with Crippen LogP contribution in [0.2, 0.25) is 5.02 Å². The van der Waals surface area contributed by atoms with Gasteiger partial charge in [-0.2, -0.15) is 0 Å². The lowest BCUT2D eigenvalue weighted by Gasteiger charge is -2.15. The van der Waals surface area contributed by atoms with Gasteiger partial charge in [-0.1, -0.05) is 25.4 Å². The maximum absolute atomic E-state index is 11.9. The molecule has 6 heteroatoms. The topological polar surface area (TPSA) is 81.4 Å². The highest BCUT2D eigenvalue weighted by atomic mass is 35.5. The van der Waals surface area contributed by atoms with Gasteiger partial charge in [0.1, 0.15) is 0 Å². The van der Waals surface area contributed by atoms with Gasteiger partial charge in [0, 0.05) is 17.3 Å². The van der Waals surface area contributed by atoms with Gasteiger partial charge >= 0.3 is 5.97 Å². The highest BCUT2D eigenvalue weighted by molar-refractivity contribution is 6.31. The second-order valence-electron chi connectivity index (χ2n) is 4.92. The van der Waals surface area contributed by atoms with Crippen LogP contribution in [0.5, 0.6) is 0 Å². The summed E-state index contributed by atoms with van der Waals surface area (Å²) in [5.74, 6) is -0.653. The summed E-state index contributed by atoms with van der Waals surface area (Å²) >= 11 is 5.75. The van der Waals surface area contributed by atoms with Crippen LogP contribution in [0.1, 0.15) is 31.1 Å². The zero-order valence-corrected chi connectivity index (χ0v) is 12.5. The van der Waals surface area contributed by atoms with Crippen molar-refractivity contribution in [3.63, 3.8) is 0 Å². The molecule has 1 aromatic rings. The fraction of sp³-hybridized carbons (Fsp3) is 0.429. The highest BCUT2D eigenvalue weighted by Gasteiger charge is 2.20. The molecule has 0 unspecified atom stereocenters. The summed E-state index contributed by atoms with van der Waals surface area (Å²) < 4.78 is 5.08. The summed E-state index contributed by atoms with van der Waals surface area (Å²) in [6.07, 6.45) is -0.878. The van der Waals surface area contributed by atoms with E-state index in [0.29, 0.717) is 17.5 Å². The van der Waals surface area contributed by atoms with Gasteiger partial charge in [-0.25, -0.2) is 4.79 Å². The number of ether oxygens (including phenoxy) is 1. The molecule has 1 rings (SSSR count). The first kappa shape index (κ1) is 16.3. The molecule has 0 aliphatic heterocycles. The third-order valence-corrected chi connectivity index (χ3v) is 2.81. The molecular weight excluding hydrogens is 280 g/mol. The van der Waals surface area contributed by atoms with Crippen molar-refractivity contribution in [2.45, 2.75) is 26.9 Å². The van der Waals surface area contributed by atoms with Crippen LogP contribution in [0.3, 0.4) is 0 Å². The maximum atomic E-state index is 11.9. The maximum Gasteiger partial charge on any atom is 0.341 e. The molecule has 110 valence electrons. The Morgan fingerprint density at radius 1 is 1.35 bits per heavy atom. The van der Waals surface area contributed by atoms with Gasteiger partial charge in [0.15, 0.2) is 6.10 Å². The number of anilines is 1. The minimum absolute atomic E-state index is 0.193. The number of hydrogen-bond donors (Lipinski definition) is 2. The lowest BCUT2D eigenvalue weighted by Crippen LogP contribution is -2.37. The SMILES string of the molecule is CC(C)CNC(=O)[C@@H](C)OC(=O)c1ccc(Cl)cc1N. The number of nitrogen functional groups attached to an aromatic ring is 1. The molecule has 1 amide bonds. The molecule has 0 aromatic heterocycles. The number of halogens is 1. The Balaban J connectivity index is 2.63. The Hall–Kier alpha value is -1.75. The molecule has 5 nitrogen and oxygen atoms in total. The van der Waals surface area contributed by atoms with E-state index in [4.69, 9.17) is 22.1 Å². The molecule has 1 atom stereocenters. The van der Waals surface area contributed by atoms with E-state index in [9.17, 15) is 9.59 Å². The predicted octanol–water partition coefficient (Wildman–Crippen LogP) is 2.24. The van der Waals surface area contributed by atoms with Crippen LogP contribution in [0.25, 0.3) is 0 Å². The highest BCUT2D eigenvalue weighted by Crippen LogP contribution is 2.19. The molecule has 0 saturated carbocycles. The number of nitrogens with one attached hydrogen (secondary N) is 1. The summed E-state index contributed by atoms with van der Waals surface area (Å²) in [6.45, 7) is 6.00. The largest absolute Gasteiger partial charge is 0.449 e. The smallest absolute Gasteiger partial charge is 0.341 e. The molecule has 20 heavy (non-hydrogen) atoms. The van der Waals surface area contributed by atoms with E-state index in [1.165, 1.54) is 25.1 Å². The second kappa shape index (κ2) is 7.14. The normalized spacial score (nSPS) is 12.1. The van der Waals surface area contributed by atoms with Crippen molar-refractivity contribution in [3.05, 3.63) is 28.8 Å². The summed E-state index contributed by atoms with van der Waals surface area (Å²) in [4.78, 5) is 23.6. The van der Waals surface area contributed by atoms with E-state index < -0.39 is 12.1 Å². The first-order valence-electron chi connectivity index (χ1n) is 6.35. The van der Waals surface area contributed by atoms with Crippen molar-refractivity contribution in [3.8, 4) is 0 Å². The molecule has 0 spiro atoms. The minimum Gasteiger partial charge on any atom is -0.449 e. The Bertz CT molecular complexity index is 503. The number of hydrogen-bond acceptors (Lipinski definition) is 4. The van der Waals surface area contributed by atoms with E-state index in [1.54, 1.807) is 0 Å². The Labute approximate surface area is 123 Å². The van der Waals surface area contributed by atoms with Crippen LogP contribution in [0.4, 0.5) is 5.69 Å². The summed E-state index contributed by atoms with van der Waals surface area (Å²) in [5, 5.41) is 3.13. The monoisotopic (exact) mass is 298 g/mol. The number of benzene rings is 1. The fourth-order valence-electron chi connectivity index (χ4n) is 1.45. The van der Waals surface area contributed by atoms with Crippen LogP contribution in [-0.2, 0) is 9.53 Å². The molecule has 0 aliphatic carbocycles. The second-order valence-corrected chi connectivity index (χ2v) is 5.35. The predicted molar refractivity (Wildman–Crippen MR) is 78.6 cm³/mol. The van der Waals surface area contributed by atoms with Gasteiger partial charge in [-0.3, -0.25) is 4.79 Å². The van der Waals surface area contributed by atoms with Crippen LogP contribution in [0, 0.1) is 5.92 Å². The standard InChI is InChI=1S/C14H19ClN2O3/c1-8(2)7-17-13(18)9(3)20-14(19)11-5-4-10(15)6-12(11)16/h4-6,8-9H,7,16H2,1-3H3,(H,17,18)/t9-/m1/s1. The van der Waals surface area contributed by atoms with Gasteiger partial charge in [-0.15, -0.1) is 0 Å². The summed E-state index contributed by atoms with van der Waals surface area (Å²) in [7, 11) is 0. The molecule has 1 aromatic carbocycles. The van der Waals surface area contributed by atoms with Crippen molar-refractivity contribution in [1.82, 2.24) is 5.32 Å². The van der Waals surface area contributed by atoms with E-state index in [0.717, 1.165) is 0 Å². The zero-order chi connectivity index (χ0) is 15.3. The quantitative estimate of drug-likeness (QED) is 0.645. The third kappa shape index (κ3) is 4.74. The fourth-order valence-corrected chi connectivity index (χ4v) is 1.63. The van der Waals surface area contributed by atoms with Gasteiger partial charge in [-0.05, 0) is 31.0 Å². The molecule has 0 bridgehead atoms. The number of nitrogens with two attached hydrogens (primary N) is 1. The van der Waals surface area contributed by atoms with Crippen LogP contribution in [-0.4, -0.2) is 24.5 Å². The van der Waals surface area contributed by atoms with Crippen molar-refractivity contribution in [1.29, 1.82) is 0 Å². The molecule has 0 saturated heterocycles. The lowest BCUT2D eigenvalue weighted by atomic mass is 10.2. The molecular formula is C14H19ClN2O3. The number of rotatable bonds is 5. The first-order chi connectivity index (χ1) is 9.31. The van der Waals surface area contributed by atoms with Crippen LogP contribution in [0.15, 0.2) is 18.2 Å². The Morgan fingerprint density at radius 2 is 2.00 bits per heavy atom. The zero-order valence-electron chi connectivity index (χ0n) is 11.8. The van der Waals surface area contributed by atoms with E-state index >= 15 is 0 Å². The molecule has 0 fully saturated rings. The van der Waals surface area contributed by atoms with Crippen molar-refractivity contribution < 1.29 is 14.3 Å². The molecule has 3 N–H and O–H groups in total. The number of carbonyl (C=O) groups is 2. The van der Waals surface area contributed by atoms with Crippen molar-refractivity contribution in [2.75, 3.05) is 12.3 Å². The number of esters is 1. The van der Waals surface area contributed by atoms with E-state index in [-0.39, 0.29) is 17.2 Å². The lowest BCUT2D eigenvalue weighted by molar-refractivity contribution is -0.129. The summed E-state index contributed by atoms with van der Waals surface area (Å²) in [6, 6.07) is 4.47. The van der Waals surface area contributed by atoms with Crippen LogP contribution < -0.4 is 11.1 Å². The van der Waals surface area contributed by atoms with Gasteiger partial charge < -0.3 is 15.8 Å². The van der Waals surface area contributed by atoms with Gasteiger partial charge in [0.25, 0.3) is 5.91 Å². The van der Waals surface area contributed by atoms with Crippen LogP contribution >= 0.6 is 11.6 Å². The Morgan fingerprint density at radius 3 is 2.55 bits per heavy atom. The van der Waals surface area contributed by atoms with E-state index in [1.807, 2.05) is 13.8 Å². The van der Waals surface area contributed by atoms with Gasteiger partial charge in [0.2, 0.25) is 0 Å². The van der Waals surface area contributed by atoms with Crippen molar-refractivity contribution in [2.24, 2.45) is 5.92 Å². The summed E-state index contributed by atoms with van der Waals surface area (Å²) in [5.41, 5.74) is 6.10. The average Bonchev–Trinajstić information content (AvgIpc) is 2.35. The molecule has 0 aliphatic rings. The number of amides is 1. The third-order valence-electron chi connectivity index (χ3n) is 2.57. The van der Waals surface area contributed by atoms with Crippen molar-refractivity contribution >= 4 is 29.2 Å². The molecule has 0 heterocycles. The Kier molecular flexibility index (Phi) is 5.82. The first-order valence-corrected chi connectivity index (χ1v) is 6.72.